The van der Waals surface area contributed by atoms with Crippen LogP contribution in [0.15, 0.2) is 24.4 Å². The summed E-state index contributed by atoms with van der Waals surface area (Å²) in [5, 5.41) is 3.55. The fraction of sp³-hybridized carbons (Fsp3) is 0.267. The third kappa shape index (κ3) is 2.94. The van der Waals surface area contributed by atoms with Gasteiger partial charge in [0.25, 0.3) is 5.91 Å². The molecule has 22 heavy (non-hydrogen) atoms. The van der Waals surface area contributed by atoms with Gasteiger partial charge in [0.15, 0.2) is 0 Å². The number of carbonyl (C=O) groups is 1. The summed E-state index contributed by atoms with van der Waals surface area (Å²) in [6, 6.07) is 5.47. The quantitative estimate of drug-likeness (QED) is 0.773. The number of aromatic nitrogens is 3. The van der Waals surface area contributed by atoms with Crippen molar-refractivity contribution < 1.29 is 9.53 Å². The highest BCUT2D eigenvalue weighted by atomic mass is 32.1. The Morgan fingerprint density at radius 3 is 2.91 bits per heavy atom. The van der Waals surface area contributed by atoms with Crippen molar-refractivity contribution in [2.75, 3.05) is 5.32 Å². The smallest absolute Gasteiger partial charge is 0.260 e. The number of nitrogens with zero attached hydrogens (tertiary/aromatic N) is 2. The van der Waals surface area contributed by atoms with E-state index < -0.39 is 0 Å². The van der Waals surface area contributed by atoms with Gasteiger partial charge in [-0.1, -0.05) is 0 Å². The molecule has 0 aliphatic carbocycles. The molecule has 0 aliphatic rings. The highest BCUT2D eigenvalue weighted by Gasteiger charge is 2.15. The van der Waals surface area contributed by atoms with E-state index in [1.54, 1.807) is 12.3 Å². The molecule has 0 saturated heterocycles. The van der Waals surface area contributed by atoms with Crippen LogP contribution >= 0.6 is 11.5 Å². The van der Waals surface area contributed by atoms with Crippen LogP contribution < -0.4 is 10.1 Å². The summed E-state index contributed by atoms with van der Waals surface area (Å²) in [5.41, 5.74) is 2.75. The fourth-order valence-corrected chi connectivity index (χ4v) is 2.72. The van der Waals surface area contributed by atoms with Gasteiger partial charge < -0.3 is 15.0 Å². The molecule has 3 rings (SSSR count). The van der Waals surface area contributed by atoms with E-state index in [9.17, 15) is 4.79 Å². The second-order valence-corrected chi connectivity index (χ2v) is 6.01. The number of aromatic amines is 1. The van der Waals surface area contributed by atoms with E-state index in [2.05, 4.69) is 19.7 Å². The number of H-pyrrole nitrogens is 1. The van der Waals surface area contributed by atoms with E-state index >= 15 is 0 Å². The Hall–Kier alpha value is -2.41. The number of carbonyl (C=O) groups excluding carboxylic acids is 1. The molecule has 0 bridgehead atoms. The third-order valence-electron chi connectivity index (χ3n) is 2.96. The maximum absolute atomic E-state index is 12.4. The summed E-state index contributed by atoms with van der Waals surface area (Å²) in [6.45, 7) is 5.75. The highest BCUT2D eigenvalue weighted by Crippen LogP contribution is 2.22. The number of nitrogens with one attached hydrogen (secondary N) is 2. The standard InChI is InChI=1S/C15H16N4O2S/c1-8(2)21-12-5-4-11-14(17-12)10(7-16-11)15(20)18-13-6-9(3)19-22-13/h4-8,16H,1-3H3,(H,18,20). The van der Waals surface area contributed by atoms with Crippen LogP contribution in [0.5, 0.6) is 5.88 Å². The summed E-state index contributed by atoms with van der Waals surface area (Å²) >= 11 is 1.25. The Kier molecular flexibility index (Phi) is 3.81. The van der Waals surface area contributed by atoms with Crippen molar-refractivity contribution in [1.29, 1.82) is 0 Å². The molecule has 2 N–H and O–H groups in total. The second-order valence-electron chi connectivity index (χ2n) is 5.20. The zero-order valence-electron chi connectivity index (χ0n) is 12.5. The summed E-state index contributed by atoms with van der Waals surface area (Å²) in [7, 11) is 0. The van der Waals surface area contributed by atoms with Gasteiger partial charge in [-0.05, 0) is 44.4 Å². The highest BCUT2D eigenvalue weighted by molar-refractivity contribution is 7.10. The van der Waals surface area contributed by atoms with Crippen molar-refractivity contribution in [3.05, 3.63) is 35.7 Å². The maximum Gasteiger partial charge on any atom is 0.260 e. The fourth-order valence-electron chi connectivity index (χ4n) is 2.06. The summed E-state index contributed by atoms with van der Waals surface area (Å²) in [6.07, 6.45) is 1.68. The summed E-state index contributed by atoms with van der Waals surface area (Å²) in [4.78, 5) is 19.9. The topological polar surface area (TPSA) is 79.9 Å². The van der Waals surface area contributed by atoms with Crippen molar-refractivity contribution in [2.45, 2.75) is 26.9 Å². The van der Waals surface area contributed by atoms with E-state index in [0.717, 1.165) is 11.2 Å². The van der Waals surface area contributed by atoms with Gasteiger partial charge in [-0.2, -0.15) is 4.37 Å². The Bertz CT molecular complexity index is 822. The third-order valence-corrected chi connectivity index (χ3v) is 3.76. The molecule has 0 unspecified atom stereocenters. The largest absolute Gasteiger partial charge is 0.475 e. The van der Waals surface area contributed by atoms with Crippen LogP contribution in [-0.2, 0) is 0 Å². The molecule has 0 radical (unpaired) electrons. The number of hydrogen-bond acceptors (Lipinski definition) is 5. The molecular formula is C15H16N4O2S. The van der Waals surface area contributed by atoms with Gasteiger partial charge in [0.2, 0.25) is 5.88 Å². The van der Waals surface area contributed by atoms with Gasteiger partial charge in [0.1, 0.15) is 10.5 Å². The lowest BCUT2D eigenvalue weighted by atomic mass is 10.2. The number of pyridine rings is 1. The first-order chi connectivity index (χ1) is 10.5. The zero-order valence-corrected chi connectivity index (χ0v) is 13.3. The minimum absolute atomic E-state index is 0.0290. The Balaban J connectivity index is 1.90. The summed E-state index contributed by atoms with van der Waals surface area (Å²) < 4.78 is 9.73. The van der Waals surface area contributed by atoms with Crippen molar-refractivity contribution in [3.63, 3.8) is 0 Å². The van der Waals surface area contributed by atoms with Crippen LogP contribution in [-0.4, -0.2) is 26.4 Å². The van der Waals surface area contributed by atoms with E-state index in [1.807, 2.05) is 32.9 Å². The zero-order chi connectivity index (χ0) is 15.7. The van der Waals surface area contributed by atoms with Gasteiger partial charge in [-0.15, -0.1) is 0 Å². The maximum atomic E-state index is 12.4. The number of fused-ring (bicyclic) bond motifs is 1. The lowest BCUT2D eigenvalue weighted by Crippen LogP contribution is -2.11. The number of rotatable bonds is 4. The van der Waals surface area contributed by atoms with E-state index in [4.69, 9.17) is 4.74 Å². The first-order valence-electron chi connectivity index (χ1n) is 6.92. The molecule has 0 atom stereocenters. The number of hydrogen-bond donors (Lipinski definition) is 2. The average molecular weight is 316 g/mol. The molecule has 114 valence electrons. The van der Waals surface area contributed by atoms with Crippen LogP contribution in [0.1, 0.15) is 29.9 Å². The van der Waals surface area contributed by atoms with Crippen LogP contribution in [0.2, 0.25) is 0 Å². The van der Waals surface area contributed by atoms with Gasteiger partial charge in [-0.3, -0.25) is 4.79 Å². The number of anilines is 1. The number of amides is 1. The number of aryl methyl sites for hydroxylation is 1. The predicted molar refractivity (Wildman–Crippen MR) is 86.7 cm³/mol. The normalized spacial score (nSPS) is 11.1. The van der Waals surface area contributed by atoms with Crippen LogP contribution in [0.3, 0.4) is 0 Å². The lowest BCUT2D eigenvalue weighted by Gasteiger charge is -2.08. The molecule has 6 nitrogen and oxygen atoms in total. The Labute approximate surface area is 131 Å². The Morgan fingerprint density at radius 1 is 1.41 bits per heavy atom. The molecule has 3 heterocycles. The monoisotopic (exact) mass is 316 g/mol. The number of ether oxygens (including phenoxy) is 1. The molecule has 0 aromatic carbocycles. The van der Waals surface area contributed by atoms with E-state index in [0.29, 0.717) is 22.0 Å². The van der Waals surface area contributed by atoms with Crippen molar-refractivity contribution in [1.82, 2.24) is 14.3 Å². The first-order valence-corrected chi connectivity index (χ1v) is 7.69. The van der Waals surface area contributed by atoms with Crippen molar-refractivity contribution in [2.24, 2.45) is 0 Å². The lowest BCUT2D eigenvalue weighted by molar-refractivity contribution is 0.102. The molecule has 3 aromatic heterocycles. The van der Waals surface area contributed by atoms with Gasteiger partial charge in [0.05, 0.1) is 22.9 Å². The summed E-state index contributed by atoms with van der Waals surface area (Å²) in [5.74, 6) is 0.286. The minimum Gasteiger partial charge on any atom is -0.475 e. The predicted octanol–water partition coefficient (Wildman–Crippen LogP) is 3.37. The van der Waals surface area contributed by atoms with E-state index in [-0.39, 0.29) is 12.0 Å². The van der Waals surface area contributed by atoms with Gasteiger partial charge in [0, 0.05) is 12.3 Å². The molecule has 0 spiro atoms. The molecule has 1 amide bonds. The van der Waals surface area contributed by atoms with Crippen LogP contribution in [0.4, 0.5) is 5.00 Å². The van der Waals surface area contributed by atoms with Crippen LogP contribution in [0, 0.1) is 6.92 Å². The molecule has 7 heteroatoms. The average Bonchev–Trinajstić information content (AvgIpc) is 3.04. The van der Waals surface area contributed by atoms with Crippen molar-refractivity contribution >= 4 is 33.5 Å². The van der Waals surface area contributed by atoms with Crippen LogP contribution in [0.25, 0.3) is 11.0 Å². The van der Waals surface area contributed by atoms with Gasteiger partial charge >= 0.3 is 0 Å². The first kappa shape index (κ1) is 14.5. The van der Waals surface area contributed by atoms with E-state index in [1.165, 1.54) is 11.5 Å². The molecule has 0 fully saturated rings. The molecular weight excluding hydrogens is 300 g/mol. The van der Waals surface area contributed by atoms with Gasteiger partial charge in [-0.25, -0.2) is 4.98 Å². The Morgan fingerprint density at radius 2 is 2.23 bits per heavy atom. The molecule has 0 aliphatic heterocycles. The SMILES string of the molecule is Cc1cc(NC(=O)c2c[nH]c3ccc(OC(C)C)nc23)sn1. The minimum atomic E-state index is -0.218. The molecule has 3 aromatic rings. The second kappa shape index (κ2) is 5.76. The molecule has 0 saturated carbocycles. The van der Waals surface area contributed by atoms with Crippen molar-refractivity contribution in [3.8, 4) is 5.88 Å².